The minimum atomic E-state index is 0.230. The van der Waals surface area contributed by atoms with Gasteiger partial charge in [-0.05, 0) is 97.9 Å². The second-order valence-electron chi connectivity index (χ2n) is 16.0. The molecule has 8 heteroatoms. The average molecular weight is 775 g/mol. The van der Waals surface area contributed by atoms with E-state index in [-0.39, 0.29) is 72.0 Å². The quantitative estimate of drug-likeness (QED) is 0.167. The zero-order chi connectivity index (χ0) is 35.3. The molecule has 5 aliphatic rings. The molecule has 8 unspecified atom stereocenters. The fraction of sp³-hybridized carbons (Fsp3) is 0.455. The van der Waals surface area contributed by atoms with Gasteiger partial charge in [0.05, 0.1) is 0 Å². The number of halogens is 4. The first-order valence-corrected chi connectivity index (χ1v) is 21.0. The summed E-state index contributed by atoms with van der Waals surface area (Å²) in [5, 5.41) is 20.5. The van der Waals surface area contributed by atoms with E-state index in [2.05, 4.69) is 118 Å². The lowest BCUT2D eigenvalue weighted by Gasteiger charge is -2.38. The van der Waals surface area contributed by atoms with Gasteiger partial charge in [-0.3, -0.25) is 0 Å². The van der Waals surface area contributed by atoms with Gasteiger partial charge in [-0.2, -0.15) is 0 Å². The standard InChI is InChI=1S/C44H48Cl4N4/c45-29-13-5-1-9-25(29)41-33-17-19-35(49-33)42(26-10-2-6-14-30(26)46)37-21-23-39(51-37)44(28-12-4-8-16-32(28)48)40-24-22-38(52-40)43(36-20-18-34(41)50-36)27-11-3-7-15-31(27)47/h1-16,33-44,49-52H,17-24H2. The van der Waals surface area contributed by atoms with Gasteiger partial charge in [-0.25, -0.2) is 0 Å². The van der Waals surface area contributed by atoms with Gasteiger partial charge in [0.1, 0.15) is 0 Å². The van der Waals surface area contributed by atoms with Crippen molar-refractivity contribution in [3.63, 3.8) is 0 Å². The Balaban J connectivity index is 1.16. The summed E-state index contributed by atoms with van der Waals surface area (Å²) >= 11 is 28.4. The largest absolute Gasteiger partial charge is 0.310 e. The van der Waals surface area contributed by atoms with Crippen molar-refractivity contribution in [2.75, 3.05) is 0 Å². The zero-order valence-electron chi connectivity index (χ0n) is 29.3. The molecule has 4 aromatic carbocycles. The Morgan fingerprint density at radius 1 is 0.288 bits per heavy atom. The smallest absolute Gasteiger partial charge is 0.0442 e. The van der Waals surface area contributed by atoms with E-state index in [1.807, 2.05) is 0 Å². The first kappa shape index (κ1) is 35.6. The van der Waals surface area contributed by atoms with Gasteiger partial charge in [0.15, 0.2) is 0 Å². The van der Waals surface area contributed by atoms with Crippen molar-refractivity contribution in [2.24, 2.45) is 0 Å². The van der Waals surface area contributed by atoms with Crippen molar-refractivity contribution >= 4 is 46.4 Å². The molecular formula is C44H48Cl4N4. The van der Waals surface area contributed by atoms with E-state index in [4.69, 9.17) is 46.4 Å². The Bertz CT molecular complexity index is 1580. The third-order valence-corrected chi connectivity index (χ3v) is 14.8. The van der Waals surface area contributed by atoms with E-state index in [1.165, 1.54) is 22.3 Å². The lowest BCUT2D eigenvalue weighted by molar-refractivity contribution is 0.305. The molecule has 5 fully saturated rings. The zero-order valence-corrected chi connectivity index (χ0v) is 32.4. The van der Waals surface area contributed by atoms with Crippen LogP contribution in [-0.2, 0) is 0 Å². The molecule has 0 aromatic heterocycles. The second-order valence-corrected chi connectivity index (χ2v) is 17.6. The molecule has 5 saturated heterocycles. The van der Waals surface area contributed by atoms with Crippen molar-refractivity contribution in [1.29, 1.82) is 0 Å². The highest BCUT2D eigenvalue weighted by atomic mass is 35.5. The summed E-state index contributed by atoms with van der Waals surface area (Å²) < 4.78 is 0. The highest BCUT2D eigenvalue weighted by Gasteiger charge is 2.49. The molecular weight excluding hydrogens is 726 g/mol. The lowest BCUT2D eigenvalue weighted by atomic mass is 9.82. The summed E-state index contributed by atoms with van der Waals surface area (Å²) in [6, 6.07) is 36.3. The molecule has 4 nitrogen and oxygen atoms in total. The highest BCUT2D eigenvalue weighted by molar-refractivity contribution is 6.32. The average Bonchev–Trinajstić information content (AvgIpc) is 3.99. The molecule has 4 N–H and O–H groups in total. The fourth-order valence-corrected chi connectivity index (χ4v) is 12.4. The predicted octanol–water partition coefficient (Wildman–Crippen LogP) is 10.2. The summed E-state index contributed by atoms with van der Waals surface area (Å²) in [5.74, 6) is 0.921. The minimum absolute atomic E-state index is 0.230. The number of fused-ring (bicyclic) bond motifs is 8. The molecule has 0 amide bonds. The molecule has 52 heavy (non-hydrogen) atoms. The third-order valence-electron chi connectivity index (χ3n) is 13.4. The minimum Gasteiger partial charge on any atom is -0.310 e. The first-order valence-electron chi connectivity index (χ1n) is 19.5. The molecule has 5 heterocycles. The molecule has 0 radical (unpaired) electrons. The van der Waals surface area contributed by atoms with Crippen LogP contribution in [0.2, 0.25) is 20.1 Å². The maximum absolute atomic E-state index is 7.09. The normalized spacial score (nSPS) is 35.9. The van der Waals surface area contributed by atoms with E-state index >= 15 is 0 Å². The SMILES string of the molecule is Clc1ccccc1C1C2CCC(N2)C(c2ccccc2Cl)C2CCC(N2)C(c2ccccc2Cl)C2CCC(N2)C(c2ccccc2Cl)C2CCC1N2. The Labute approximate surface area is 328 Å². The molecule has 0 saturated carbocycles. The van der Waals surface area contributed by atoms with Crippen LogP contribution in [0, 0.1) is 0 Å². The van der Waals surface area contributed by atoms with Crippen LogP contribution in [0.1, 0.15) is 97.3 Å². The second kappa shape index (κ2) is 15.2. The lowest BCUT2D eigenvalue weighted by Crippen LogP contribution is -2.51. The van der Waals surface area contributed by atoms with Gasteiger partial charge in [0.25, 0.3) is 0 Å². The molecule has 8 atom stereocenters. The Kier molecular flexibility index (Phi) is 10.4. The van der Waals surface area contributed by atoms with E-state index in [0.29, 0.717) is 0 Å². The van der Waals surface area contributed by atoms with Gasteiger partial charge in [0, 0.05) is 92.1 Å². The molecule has 8 bridgehead atoms. The fourth-order valence-electron chi connectivity index (χ4n) is 11.3. The van der Waals surface area contributed by atoms with E-state index in [0.717, 1.165) is 71.5 Å². The molecule has 4 aromatic rings. The summed E-state index contributed by atoms with van der Waals surface area (Å²) in [5.41, 5.74) is 4.97. The Morgan fingerprint density at radius 3 is 0.635 bits per heavy atom. The van der Waals surface area contributed by atoms with Gasteiger partial charge >= 0.3 is 0 Å². The topological polar surface area (TPSA) is 48.1 Å². The monoisotopic (exact) mass is 772 g/mol. The number of benzene rings is 4. The van der Waals surface area contributed by atoms with Crippen LogP contribution in [0.4, 0.5) is 0 Å². The van der Waals surface area contributed by atoms with Crippen molar-refractivity contribution in [3.05, 3.63) is 139 Å². The van der Waals surface area contributed by atoms with Crippen molar-refractivity contribution in [1.82, 2.24) is 21.3 Å². The Morgan fingerprint density at radius 2 is 0.462 bits per heavy atom. The maximum Gasteiger partial charge on any atom is 0.0442 e. The molecule has 9 rings (SSSR count). The van der Waals surface area contributed by atoms with Crippen LogP contribution < -0.4 is 21.3 Å². The van der Waals surface area contributed by atoms with Gasteiger partial charge < -0.3 is 21.3 Å². The molecule has 5 aliphatic heterocycles. The summed E-state index contributed by atoms with van der Waals surface area (Å²) in [6.45, 7) is 0. The molecule has 0 aliphatic carbocycles. The van der Waals surface area contributed by atoms with Gasteiger partial charge in [-0.15, -0.1) is 0 Å². The van der Waals surface area contributed by atoms with Crippen molar-refractivity contribution in [3.8, 4) is 0 Å². The number of hydrogen-bond donors (Lipinski definition) is 4. The van der Waals surface area contributed by atoms with E-state index in [1.54, 1.807) is 0 Å². The van der Waals surface area contributed by atoms with Crippen LogP contribution in [0.25, 0.3) is 0 Å². The number of nitrogens with one attached hydrogen (secondary N) is 4. The highest BCUT2D eigenvalue weighted by Crippen LogP contribution is 2.48. The van der Waals surface area contributed by atoms with Crippen LogP contribution in [0.5, 0.6) is 0 Å². The molecule has 272 valence electrons. The third kappa shape index (κ3) is 6.64. The predicted molar refractivity (Wildman–Crippen MR) is 217 cm³/mol. The van der Waals surface area contributed by atoms with Gasteiger partial charge in [0.2, 0.25) is 0 Å². The number of hydrogen-bond acceptors (Lipinski definition) is 4. The first-order chi connectivity index (χ1) is 25.4. The van der Waals surface area contributed by atoms with E-state index in [9.17, 15) is 0 Å². The molecule has 0 spiro atoms. The van der Waals surface area contributed by atoms with Crippen LogP contribution >= 0.6 is 46.4 Å². The Hall–Kier alpha value is -2.12. The van der Waals surface area contributed by atoms with Crippen molar-refractivity contribution in [2.45, 2.75) is 123 Å². The van der Waals surface area contributed by atoms with Crippen LogP contribution in [0.3, 0.4) is 0 Å². The van der Waals surface area contributed by atoms with E-state index < -0.39 is 0 Å². The van der Waals surface area contributed by atoms with Crippen LogP contribution in [-0.4, -0.2) is 48.3 Å². The maximum atomic E-state index is 7.09. The summed E-state index contributed by atoms with van der Waals surface area (Å²) in [7, 11) is 0. The summed E-state index contributed by atoms with van der Waals surface area (Å²) in [6.07, 6.45) is 8.69. The summed E-state index contributed by atoms with van der Waals surface area (Å²) in [4.78, 5) is 0. The van der Waals surface area contributed by atoms with Crippen molar-refractivity contribution < 1.29 is 0 Å². The van der Waals surface area contributed by atoms with Crippen LogP contribution in [0.15, 0.2) is 97.1 Å². The van der Waals surface area contributed by atoms with Gasteiger partial charge in [-0.1, -0.05) is 119 Å². The number of rotatable bonds is 4.